The zero-order valence-electron chi connectivity index (χ0n) is 6.81. The maximum Gasteiger partial charge on any atom is 0.120 e. The van der Waals surface area contributed by atoms with Crippen LogP contribution >= 0.6 is 0 Å². The van der Waals surface area contributed by atoms with Gasteiger partial charge in [-0.05, 0) is 17.3 Å². The van der Waals surface area contributed by atoms with Crippen molar-refractivity contribution in [3.63, 3.8) is 0 Å². The molecule has 0 saturated heterocycles. The molecule has 0 fully saturated rings. The molecular formula is C8H7N5. The number of nitrogens with one attached hydrogen (secondary N) is 1. The molecule has 0 amide bonds. The molecule has 0 aliphatic carbocycles. The molecule has 13 heavy (non-hydrogen) atoms. The van der Waals surface area contributed by atoms with E-state index in [0.717, 1.165) is 11.0 Å². The highest BCUT2D eigenvalue weighted by molar-refractivity contribution is 5.74. The first-order chi connectivity index (χ1) is 6.42. The van der Waals surface area contributed by atoms with Gasteiger partial charge in [0.25, 0.3) is 0 Å². The Bertz CT molecular complexity index is 453. The van der Waals surface area contributed by atoms with Crippen molar-refractivity contribution in [2.24, 2.45) is 0 Å². The predicted molar refractivity (Wildman–Crippen MR) is 47.4 cm³/mol. The van der Waals surface area contributed by atoms with Gasteiger partial charge < -0.3 is 0 Å². The quantitative estimate of drug-likeness (QED) is 0.671. The molecule has 1 heterocycles. The number of fused-ring (bicyclic) bond motifs is 1. The van der Waals surface area contributed by atoms with E-state index in [-0.39, 0.29) is 6.54 Å². The van der Waals surface area contributed by atoms with Crippen molar-refractivity contribution in [1.82, 2.24) is 15.1 Å². The summed E-state index contributed by atoms with van der Waals surface area (Å²) in [6, 6.07) is 9.52. The normalized spacial score (nSPS) is 9.77. The third kappa shape index (κ3) is 1.29. The predicted octanol–water partition coefficient (Wildman–Crippen LogP) is 0.498. The molecule has 64 valence electrons. The van der Waals surface area contributed by atoms with Crippen molar-refractivity contribution < 1.29 is 0 Å². The van der Waals surface area contributed by atoms with Crippen LogP contribution in [0.25, 0.3) is 11.0 Å². The summed E-state index contributed by atoms with van der Waals surface area (Å²) in [5.74, 6) is 0. The minimum absolute atomic E-state index is 0.216. The van der Waals surface area contributed by atoms with Crippen LogP contribution in [-0.4, -0.2) is 21.6 Å². The first kappa shape index (κ1) is 7.55. The third-order valence-electron chi connectivity index (χ3n) is 1.66. The lowest BCUT2D eigenvalue weighted by atomic mass is 10.3. The Morgan fingerprint density at radius 3 is 3.15 bits per heavy atom. The fourth-order valence-corrected chi connectivity index (χ4v) is 1.10. The van der Waals surface area contributed by atoms with Crippen molar-refractivity contribution in [2.45, 2.75) is 0 Å². The standard InChI is InChI=1S/C8H7N5/c9-5-6-10-13-8-4-2-1-3-7(8)11-12-13/h1-4,10H,6H2. The maximum absolute atomic E-state index is 8.36. The monoisotopic (exact) mass is 173 g/mol. The molecule has 5 nitrogen and oxygen atoms in total. The average molecular weight is 173 g/mol. The van der Waals surface area contributed by atoms with Crippen molar-refractivity contribution in [3.8, 4) is 6.07 Å². The third-order valence-corrected chi connectivity index (χ3v) is 1.66. The minimum atomic E-state index is 0.216. The molecule has 5 heteroatoms. The Kier molecular flexibility index (Phi) is 1.81. The van der Waals surface area contributed by atoms with Gasteiger partial charge in [-0.3, -0.25) is 5.43 Å². The van der Waals surface area contributed by atoms with E-state index < -0.39 is 0 Å². The molecule has 2 aromatic rings. The summed E-state index contributed by atoms with van der Waals surface area (Å²) in [6.07, 6.45) is 0. The van der Waals surface area contributed by atoms with E-state index in [1.54, 1.807) is 0 Å². The highest BCUT2D eigenvalue weighted by atomic mass is 15.6. The molecule has 0 saturated carbocycles. The lowest BCUT2D eigenvalue weighted by molar-refractivity contribution is 0.734. The van der Waals surface area contributed by atoms with Gasteiger partial charge in [0, 0.05) is 0 Å². The van der Waals surface area contributed by atoms with Crippen LogP contribution in [0.5, 0.6) is 0 Å². The van der Waals surface area contributed by atoms with Gasteiger partial charge in [-0.1, -0.05) is 12.1 Å². The van der Waals surface area contributed by atoms with E-state index in [1.807, 2.05) is 30.3 Å². The molecule has 0 aliphatic rings. The molecule has 1 aromatic heterocycles. The van der Waals surface area contributed by atoms with E-state index in [4.69, 9.17) is 5.26 Å². The van der Waals surface area contributed by atoms with Gasteiger partial charge in [-0.2, -0.15) is 10.1 Å². The number of benzene rings is 1. The van der Waals surface area contributed by atoms with Crippen molar-refractivity contribution >= 4 is 11.0 Å². The number of para-hydroxylation sites is 1. The van der Waals surface area contributed by atoms with E-state index in [2.05, 4.69) is 15.7 Å². The van der Waals surface area contributed by atoms with E-state index in [1.165, 1.54) is 4.79 Å². The topological polar surface area (TPSA) is 66.5 Å². The van der Waals surface area contributed by atoms with Crippen molar-refractivity contribution in [1.29, 1.82) is 5.26 Å². The molecule has 0 radical (unpaired) electrons. The summed E-state index contributed by atoms with van der Waals surface area (Å²) in [6.45, 7) is 0.216. The van der Waals surface area contributed by atoms with Gasteiger partial charge >= 0.3 is 0 Å². The molecule has 0 spiro atoms. The lowest BCUT2D eigenvalue weighted by Gasteiger charge is -1.99. The first-order valence-corrected chi connectivity index (χ1v) is 3.83. The summed E-state index contributed by atoms with van der Waals surface area (Å²) in [7, 11) is 0. The van der Waals surface area contributed by atoms with Gasteiger partial charge in [-0.15, -0.1) is 5.10 Å². The van der Waals surface area contributed by atoms with Crippen LogP contribution in [0.4, 0.5) is 0 Å². The Morgan fingerprint density at radius 1 is 1.46 bits per heavy atom. The number of aromatic nitrogens is 3. The summed E-state index contributed by atoms with van der Waals surface area (Å²) >= 11 is 0. The van der Waals surface area contributed by atoms with Crippen LogP contribution in [0, 0.1) is 11.3 Å². The van der Waals surface area contributed by atoms with E-state index >= 15 is 0 Å². The number of hydrogen-bond donors (Lipinski definition) is 1. The van der Waals surface area contributed by atoms with Gasteiger partial charge in [0.15, 0.2) is 0 Å². The number of nitriles is 1. The van der Waals surface area contributed by atoms with Gasteiger partial charge in [-0.25, -0.2) is 0 Å². The average Bonchev–Trinajstić information content (AvgIpc) is 2.58. The van der Waals surface area contributed by atoms with Crippen molar-refractivity contribution in [2.75, 3.05) is 12.0 Å². The second-order valence-electron chi connectivity index (χ2n) is 2.48. The summed E-state index contributed by atoms with van der Waals surface area (Å²) in [5, 5.41) is 16.1. The number of nitrogens with zero attached hydrogens (tertiary/aromatic N) is 4. The van der Waals surface area contributed by atoms with Crippen molar-refractivity contribution in [3.05, 3.63) is 24.3 Å². The Balaban J connectivity index is 2.41. The minimum Gasteiger partial charge on any atom is -0.294 e. The highest BCUT2D eigenvalue weighted by Crippen LogP contribution is 2.07. The van der Waals surface area contributed by atoms with Gasteiger partial charge in [0.2, 0.25) is 0 Å². The van der Waals surface area contributed by atoms with Gasteiger partial charge in [0.05, 0.1) is 6.07 Å². The van der Waals surface area contributed by atoms with Gasteiger partial charge in [0.1, 0.15) is 17.6 Å². The Hall–Kier alpha value is -2.09. The lowest BCUT2D eigenvalue weighted by Crippen LogP contribution is -2.16. The summed E-state index contributed by atoms with van der Waals surface area (Å²) in [4.78, 5) is 1.50. The van der Waals surface area contributed by atoms with Crippen LogP contribution < -0.4 is 5.43 Å². The molecule has 1 N–H and O–H groups in total. The Morgan fingerprint density at radius 2 is 2.31 bits per heavy atom. The van der Waals surface area contributed by atoms with E-state index in [9.17, 15) is 0 Å². The van der Waals surface area contributed by atoms with Crippen LogP contribution in [0.2, 0.25) is 0 Å². The highest BCUT2D eigenvalue weighted by Gasteiger charge is 2.00. The van der Waals surface area contributed by atoms with Crippen LogP contribution in [0.1, 0.15) is 0 Å². The number of hydrogen-bond acceptors (Lipinski definition) is 4. The summed E-state index contributed by atoms with van der Waals surface area (Å²) in [5.41, 5.74) is 4.49. The first-order valence-electron chi connectivity index (χ1n) is 3.83. The maximum atomic E-state index is 8.36. The molecule has 2 rings (SSSR count). The molecule has 1 aromatic carbocycles. The van der Waals surface area contributed by atoms with E-state index in [0.29, 0.717) is 0 Å². The fourth-order valence-electron chi connectivity index (χ4n) is 1.10. The molecular weight excluding hydrogens is 166 g/mol. The second kappa shape index (κ2) is 3.11. The zero-order valence-corrected chi connectivity index (χ0v) is 6.81. The van der Waals surface area contributed by atoms with Crippen LogP contribution in [0.3, 0.4) is 0 Å². The molecule has 0 aliphatic heterocycles. The largest absolute Gasteiger partial charge is 0.294 e. The Labute approximate surface area is 74.6 Å². The van der Waals surface area contributed by atoms with Crippen LogP contribution in [0.15, 0.2) is 24.3 Å². The molecule has 0 atom stereocenters. The molecule has 0 bridgehead atoms. The second-order valence-corrected chi connectivity index (χ2v) is 2.48. The molecule has 0 unspecified atom stereocenters. The number of rotatable bonds is 2. The van der Waals surface area contributed by atoms with Crippen LogP contribution in [-0.2, 0) is 0 Å². The fraction of sp³-hybridized carbons (Fsp3) is 0.125. The summed E-state index contributed by atoms with van der Waals surface area (Å²) < 4.78 is 0. The smallest absolute Gasteiger partial charge is 0.120 e. The zero-order chi connectivity index (χ0) is 9.10. The SMILES string of the molecule is N#CCNn1nnc2ccccc21.